The highest BCUT2D eigenvalue weighted by atomic mass is 79.9. The van der Waals surface area contributed by atoms with Crippen LogP contribution in [0, 0.1) is 0 Å². The summed E-state index contributed by atoms with van der Waals surface area (Å²) in [6, 6.07) is 9.03. The van der Waals surface area contributed by atoms with Gasteiger partial charge < -0.3 is 23.7 Å². The van der Waals surface area contributed by atoms with E-state index in [0.29, 0.717) is 28.6 Å². The third-order valence-electron chi connectivity index (χ3n) is 4.38. The summed E-state index contributed by atoms with van der Waals surface area (Å²) in [7, 11) is 6.05. The molecule has 2 aromatic rings. The molecule has 2 aromatic carbocycles. The van der Waals surface area contributed by atoms with Crippen LogP contribution in [0.25, 0.3) is 0 Å². The maximum atomic E-state index is 12.6. The van der Waals surface area contributed by atoms with E-state index in [9.17, 15) is 4.79 Å². The number of halogens is 1. The van der Waals surface area contributed by atoms with Crippen molar-refractivity contribution in [3.8, 4) is 23.0 Å². The second-order valence-electron chi connectivity index (χ2n) is 5.65. The topological polar surface area (TPSA) is 63.2 Å². The van der Waals surface area contributed by atoms with Gasteiger partial charge >= 0.3 is 5.97 Å². The minimum atomic E-state index is -0.641. The summed E-state index contributed by atoms with van der Waals surface area (Å²) in [5.74, 6) is 1.20. The molecule has 0 spiro atoms. The van der Waals surface area contributed by atoms with Crippen molar-refractivity contribution in [2.24, 2.45) is 0 Å². The molecular formula is C19H19BrO6. The second-order valence-corrected chi connectivity index (χ2v) is 6.50. The predicted molar refractivity (Wildman–Crippen MR) is 98.4 cm³/mol. The van der Waals surface area contributed by atoms with Gasteiger partial charge in [0.1, 0.15) is 12.0 Å². The summed E-state index contributed by atoms with van der Waals surface area (Å²) < 4.78 is 28.0. The first kappa shape index (κ1) is 18.4. The average Bonchev–Trinajstić information content (AvgIpc) is 3.08. The normalized spacial score (nSPS) is 17.9. The highest BCUT2D eigenvalue weighted by Crippen LogP contribution is 2.54. The maximum absolute atomic E-state index is 12.6. The van der Waals surface area contributed by atoms with Crippen LogP contribution < -0.4 is 18.9 Å². The highest BCUT2D eigenvalue weighted by molar-refractivity contribution is 9.10. The van der Waals surface area contributed by atoms with Crippen molar-refractivity contribution in [3.05, 3.63) is 45.9 Å². The lowest BCUT2D eigenvalue weighted by Gasteiger charge is -2.19. The first-order valence-corrected chi connectivity index (χ1v) is 8.67. The van der Waals surface area contributed by atoms with Crippen LogP contribution in [0.15, 0.2) is 34.8 Å². The van der Waals surface area contributed by atoms with Gasteiger partial charge in [0.25, 0.3) is 0 Å². The van der Waals surface area contributed by atoms with Crippen molar-refractivity contribution in [1.29, 1.82) is 0 Å². The number of esters is 1. The van der Waals surface area contributed by atoms with Crippen molar-refractivity contribution in [2.75, 3.05) is 28.4 Å². The Morgan fingerprint density at radius 1 is 0.962 bits per heavy atom. The number of hydrogen-bond acceptors (Lipinski definition) is 6. The zero-order valence-corrected chi connectivity index (χ0v) is 16.5. The third kappa shape index (κ3) is 2.96. The van der Waals surface area contributed by atoms with E-state index in [0.717, 1.165) is 10.0 Å². The predicted octanol–water partition coefficient (Wildman–Crippen LogP) is 3.87. The highest BCUT2D eigenvalue weighted by Gasteiger charge is 2.44. The lowest BCUT2D eigenvalue weighted by Crippen LogP contribution is -2.20. The van der Waals surface area contributed by atoms with Gasteiger partial charge in [0.15, 0.2) is 23.0 Å². The van der Waals surface area contributed by atoms with E-state index in [-0.39, 0.29) is 0 Å². The second kappa shape index (κ2) is 7.45. The van der Waals surface area contributed by atoms with Gasteiger partial charge in [0.2, 0.25) is 0 Å². The molecule has 26 heavy (non-hydrogen) atoms. The van der Waals surface area contributed by atoms with Gasteiger partial charge in [-0.15, -0.1) is 0 Å². The van der Waals surface area contributed by atoms with Crippen LogP contribution in [-0.4, -0.2) is 34.4 Å². The van der Waals surface area contributed by atoms with Crippen LogP contribution in [0.1, 0.15) is 23.1 Å². The Labute approximate surface area is 160 Å². The molecule has 0 aliphatic carbocycles. The summed E-state index contributed by atoms with van der Waals surface area (Å²) >= 11 is 3.51. The Morgan fingerprint density at radius 3 is 2.23 bits per heavy atom. The molecule has 3 rings (SSSR count). The largest absolute Gasteiger partial charge is 0.493 e. The first-order chi connectivity index (χ1) is 12.5. The fourth-order valence-corrected chi connectivity index (χ4v) is 3.69. The fraction of sp³-hybridized carbons (Fsp3) is 0.316. The van der Waals surface area contributed by atoms with Crippen LogP contribution in [0.5, 0.6) is 23.0 Å². The molecule has 2 atom stereocenters. The molecule has 6 nitrogen and oxygen atoms in total. The van der Waals surface area contributed by atoms with Gasteiger partial charge in [-0.2, -0.15) is 0 Å². The van der Waals surface area contributed by atoms with E-state index < -0.39 is 18.0 Å². The molecule has 138 valence electrons. The maximum Gasteiger partial charge on any atom is 0.317 e. The number of hydrogen-bond donors (Lipinski definition) is 0. The van der Waals surface area contributed by atoms with Crippen LogP contribution in [-0.2, 0) is 9.53 Å². The monoisotopic (exact) mass is 422 g/mol. The van der Waals surface area contributed by atoms with Crippen molar-refractivity contribution in [1.82, 2.24) is 0 Å². The number of benzene rings is 2. The summed E-state index contributed by atoms with van der Waals surface area (Å²) in [5, 5.41) is 0. The van der Waals surface area contributed by atoms with Gasteiger partial charge in [0, 0.05) is 10.0 Å². The van der Waals surface area contributed by atoms with Crippen LogP contribution in [0.3, 0.4) is 0 Å². The van der Waals surface area contributed by atoms with Crippen LogP contribution in [0.2, 0.25) is 0 Å². The van der Waals surface area contributed by atoms with Gasteiger partial charge in [-0.25, -0.2) is 0 Å². The molecule has 1 aliphatic rings. The SMILES string of the molecule is COC(=O)[C@H]1c2c(Br)ccc(OC)c2O[C@@H]1c1ccc(OC)c(OC)c1. The summed E-state index contributed by atoms with van der Waals surface area (Å²) in [4.78, 5) is 12.6. The van der Waals surface area contributed by atoms with Crippen molar-refractivity contribution in [2.45, 2.75) is 12.0 Å². The van der Waals surface area contributed by atoms with E-state index in [1.54, 1.807) is 39.5 Å². The minimum absolute atomic E-state index is 0.391. The van der Waals surface area contributed by atoms with Crippen LogP contribution in [0.4, 0.5) is 0 Å². The number of rotatable bonds is 5. The molecule has 0 aromatic heterocycles. The number of carbonyl (C=O) groups is 1. The molecule has 0 unspecified atom stereocenters. The summed E-state index contributed by atoms with van der Waals surface area (Å²) in [6.07, 6.45) is -0.579. The number of ether oxygens (including phenoxy) is 5. The molecule has 1 aliphatic heterocycles. The lowest BCUT2D eigenvalue weighted by atomic mass is 9.91. The molecule has 0 saturated carbocycles. The molecular weight excluding hydrogens is 404 g/mol. The summed E-state index contributed by atoms with van der Waals surface area (Å²) in [5.41, 5.74) is 1.47. The Hall–Kier alpha value is -2.41. The van der Waals surface area contributed by atoms with Gasteiger partial charge in [0.05, 0.1) is 28.4 Å². The molecule has 0 N–H and O–H groups in total. The van der Waals surface area contributed by atoms with Gasteiger partial charge in [-0.05, 0) is 29.8 Å². The third-order valence-corrected chi connectivity index (χ3v) is 5.07. The smallest absolute Gasteiger partial charge is 0.317 e. The number of fused-ring (bicyclic) bond motifs is 1. The zero-order valence-electron chi connectivity index (χ0n) is 14.9. The molecule has 0 bridgehead atoms. The quantitative estimate of drug-likeness (QED) is 0.681. The standard InChI is InChI=1S/C19H19BrO6/c1-22-12-7-5-10(9-14(12)24-3)17-16(19(21)25-4)15-11(20)6-8-13(23-2)18(15)26-17/h5-9,16-17H,1-4H3/t16-,17+/m0/s1. The van der Waals surface area contributed by atoms with Crippen molar-refractivity contribution in [3.63, 3.8) is 0 Å². The van der Waals surface area contributed by atoms with Crippen molar-refractivity contribution < 1.29 is 28.5 Å². The van der Waals surface area contributed by atoms with Gasteiger partial charge in [-0.1, -0.05) is 22.0 Å². The molecule has 0 saturated heterocycles. The minimum Gasteiger partial charge on any atom is -0.493 e. The number of methoxy groups -OCH3 is 4. The Kier molecular flexibility index (Phi) is 5.27. The van der Waals surface area contributed by atoms with E-state index >= 15 is 0 Å². The lowest BCUT2D eigenvalue weighted by molar-refractivity contribution is -0.144. The van der Waals surface area contributed by atoms with E-state index in [4.69, 9.17) is 23.7 Å². The average molecular weight is 423 g/mol. The zero-order chi connectivity index (χ0) is 18.8. The van der Waals surface area contributed by atoms with E-state index in [1.165, 1.54) is 7.11 Å². The molecule has 0 radical (unpaired) electrons. The van der Waals surface area contributed by atoms with E-state index in [2.05, 4.69) is 15.9 Å². The van der Waals surface area contributed by atoms with Gasteiger partial charge in [-0.3, -0.25) is 4.79 Å². The molecule has 0 amide bonds. The molecule has 7 heteroatoms. The van der Waals surface area contributed by atoms with E-state index in [1.807, 2.05) is 12.1 Å². The first-order valence-electron chi connectivity index (χ1n) is 7.88. The fourth-order valence-electron chi connectivity index (χ4n) is 3.13. The van der Waals surface area contributed by atoms with Crippen molar-refractivity contribution >= 4 is 21.9 Å². The Balaban J connectivity index is 2.13. The number of carbonyl (C=O) groups excluding carboxylic acids is 1. The van der Waals surface area contributed by atoms with Crippen LogP contribution >= 0.6 is 15.9 Å². The molecule has 1 heterocycles. The summed E-state index contributed by atoms with van der Waals surface area (Å²) in [6.45, 7) is 0. The Morgan fingerprint density at radius 2 is 1.62 bits per heavy atom. The Bertz CT molecular complexity index is 835. The molecule has 0 fully saturated rings.